The molecule has 0 unspecified atom stereocenters. The molecule has 0 aliphatic rings. The average Bonchev–Trinajstić information content (AvgIpc) is 2.60. The summed E-state index contributed by atoms with van der Waals surface area (Å²) in [5.41, 5.74) is 1.04. The molecule has 0 saturated heterocycles. The Kier molecular flexibility index (Phi) is 8.57. The highest BCUT2D eigenvalue weighted by Gasteiger charge is 1.98. The number of halogens is 1. The minimum Gasteiger partial charge on any atom is -0.450 e. The van der Waals surface area contributed by atoms with Crippen LogP contribution in [0.15, 0.2) is 60.7 Å². The minimum atomic E-state index is -0.848. The molecule has 23 heavy (non-hydrogen) atoms. The van der Waals surface area contributed by atoms with Gasteiger partial charge >= 0.3 is 11.4 Å². The smallest absolute Gasteiger partial charge is 0.411 e. The summed E-state index contributed by atoms with van der Waals surface area (Å²) < 4.78 is 9.13. The van der Waals surface area contributed by atoms with Gasteiger partial charge in [0, 0.05) is 11.6 Å². The molecule has 2 aromatic carbocycles. The van der Waals surface area contributed by atoms with Gasteiger partial charge in [-0.1, -0.05) is 60.7 Å². The molecular formula is C17H14ClNO4. The minimum absolute atomic E-state index is 0.160. The Morgan fingerprint density at radius 3 is 1.70 bits per heavy atom. The first-order valence-electron chi connectivity index (χ1n) is 6.58. The largest absolute Gasteiger partial charge is 0.450 e. The zero-order valence-electron chi connectivity index (χ0n) is 12.1. The van der Waals surface area contributed by atoms with Crippen LogP contribution in [0.5, 0.6) is 0 Å². The van der Waals surface area contributed by atoms with Crippen LogP contribution in [-0.2, 0) is 27.5 Å². The SMILES string of the molecule is N#CC(=O)OCc1ccccc1.O=C(Cl)OCc1ccccc1. The van der Waals surface area contributed by atoms with Gasteiger partial charge in [0.15, 0.2) is 6.07 Å². The zero-order valence-corrected chi connectivity index (χ0v) is 12.9. The van der Waals surface area contributed by atoms with Crippen LogP contribution in [0, 0.1) is 11.3 Å². The Morgan fingerprint density at radius 1 is 0.870 bits per heavy atom. The Hall–Kier alpha value is -2.84. The molecule has 118 valence electrons. The van der Waals surface area contributed by atoms with Gasteiger partial charge in [0.05, 0.1) is 0 Å². The fourth-order valence-corrected chi connectivity index (χ4v) is 1.52. The van der Waals surface area contributed by atoms with E-state index in [1.807, 2.05) is 60.7 Å². The van der Waals surface area contributed by atoms with E-state index < -0.39 is 11.4 Å². The highest BCUT2D eigenvalue weighted by Crippen LogP contribution is 2.01. The van der Waals surface area contributed by atoms with Gasteiger partial charge in [-0.05, 0) is 11.1 Å². The molecule has 0 bridgehead atoms. The van der Waals surface area contributed by atoms with Crippen molar-refractivity contribution < 1.29 is 19.1 Å². The quantitative estimate of drug-likeness (QED) is 0.483. The molecule has 0 atom stereocenters. The lowest BCUT2D eigenvalue weighted by molar-refractivity contribution is -0.138. The van der Waals surface area contributed by atoms with E-state index in [9.17, 15) is 9.59 Å². The number of esters is 1. The maximum Gasteiger partial charge on any atom is 0.411 e. The maximum atomic E-state index is 10.4. The van der Waals surface area contributed by atoms with Crippen molar-refractivity contribution in [2.45, 2.75) is 13.2 Å². The third kappa shape index (κ3) is 8.91. The summed E-state index contributed by atoms with van der Waals surface area (Å²) in [6.45, 7) is 0.399. The van der Waals surface area contributed by atoms with Crippen LogP contribution >= 0.6 is 11.6 Å². The van der Waals surface area contributed by atoms with Gasteiger partial charge in [-0.2, -0.15) is 5.26 Å². The highest BCUT2D eigenvalue weighted by molar-refractivity contribution is 6.61. The molecule has 0 saturated carbocycles. The van der Waals surface area contributed by atoms with E-state index in [2.05, 4.69) is 9.47 Å². The van der Waals surface area contributed by atoms with E-state index in [0.29, 0.717) is 0 Å². The van der Waals surface area contributed by atoms with Crippen LogP contribution in [0.3, 0.4) is 0 Å². The Morgan fingerprint density at radius 2 is 1.30 bits per heavy atom. The predicted molar refractivity (Wildman–Crippen MR) is 84.3 cm³/mol. The van der Waals surface area contributed by atoms with Crippen LogP contribution in [-0.4, -0.2) is 11.4 Å². The van der Waals surface area contributed by atoms with Crippen molar-refractivity contribution in [1.29, 1.82) is 5.26 Å². The average molecular weight is 332 g/mol. The number of benzene rings is 2. The number of carbonyl (C=O) groups is 2. The third-order valence-corrected chi connectivity index (χ3v) is 2.61. The monoisotopic (exact) mass is 331 g/mol. The number of nitrogens with zero attached hydrogens (tertiary/aromatic N) is 1. The van der Waals surface area contributed by atoms with Gasteiger partial charge < -0.3 is 9.47 Å². The van der Waals surface area contributed by atoms with Crippen LogP contribution in [0.4, 0.5) is 4.79 Å². The van der Waals surface area contributed by atoms with Crippen molar-refractivity contribution in [3.8, 4) is 6.07 Å². The molecular weight excluding hydrogens is 318 g/mol. The normalized spacial score (nSPS) is 8.87. The van der Waals surface area contributed by atoms with Gasteiger partial charge in [0.2, 0.25) is 0 Å². The first kappa shape index (κ1) is 18.2. The fraction of sp³-hybridized carbons (Fsp3) is 0.118. The number of hydrogen-bond acceptors (Lipinski definition) is 5. The molecule has 5 nitrogen and oxygen atoms in total. The second-order valence-electron chi connectivity index (χ2n) is 4.19. The summed E-state index contributed by atoms with van der Waals surface area (Å²) in [5, 5.41) is 8.09. The van der Waals surface area contributed by atoms with E-state index in [0.717, 1.165) is 11.1 Å². The molecule has 0 N–H and O–H groups in total. The van der Waals surface area contributed by atoms with Crippen molar-refractivity contribution in [3.05, 3.63) is 71.8 Å². The van der Waals surface area contributed by atoms with E-state index >= 15 is 0 Å². The first-order chi connectivity index (χ1) is 11.1. The Labute approximate surface area is 139 Å². The topological polar surface area (TPSA) is 76.4 Å². The molecule has 0 radical (unpaired) electrons. The van der Waals surface area contributed by atoms with E-state index in [4.69, 9.17) is 16.9 Å². The predicted octanol–water partition coefficient (Wildman–Crippen LogP) is 3.82. The van der Waals surface area contributed by atoms with Crippen molar-refractivity contribution in [1.82, 2.24) is 0 Å². The Bertz CT molecular complexity index is 653. The van der Waals surface area contributed by atoms with E-state index in [-0.39, 0.29) is 13.2 Å². The van der Waals surface area contributed by atoms with Crippen LogP contribution < -0.4 is 0 Å². The molecule has 2 aromatic rings. The maximum absolute atomic E-state index is 10.4. The zero-order chi connectivity index (χ0) is 16.9. The molecule has 6 heteroatoms. The third-order valence-electron chi connectivity index (χ3n) is 2.50. The summed E-state index contributed by atoms with van der Waals surface area (Å²) in [6.07, 6.45) is 0. The number of nitriles is 1. The lowest BCUT2D eigenvalue weighted by Crippen LogP contribution is -2.00. The summed E-state index contributed by atoms with van der Waals surface area (Å²) in [6, 6.07) is 19.9. The number of hydrogen-bond donors (Lipinski definition) is 0. The number of rotatable bonds is 4. The van der Waals surface area contributed by atoms with Crippen molar-refractivity contribution >= 4 is 23.0 Å². The van der Waals surface area contributed by atoms with Gasteiger partial charge in [0.1, 0.15) is 13.2 Å². The molecule has 0 heterocycles. The lowest BCUT2D eigenvalue weighted by atomic mass is 10.2. The molecule has 0 fully saturated rings. The van der Waals surface area contributed by atoms with Crippen molar-refractivity contribution in [2.24, 2.45) is 0 Å². The van der Waals surface area contributed by atoms with Gasteiger partial charge in [0.25, 0.3) is 0 Å². The second-order valence-corrected chi connectivity index (χ2v) is 4.49. The summed E-state index contributed by atoms with van der Waals surface area (Å²) in [4.78, 5) is 20.6. The molecule has 0 spiro atoms. The van der Waals surface area contributed by atoms with E-state index in [1.165, 1.54) is 6.07 Å². The van der Waals surface area contributed by atoms with Crippen molar-refractivity contribution in [3.63, 3.8) is 0 Å². The summed E-state index contributed by atoms with van der Waals surface area (Å²) in [5.74, 6) is -0.848. The highest BCUT2D eigenvalue weighted by atomic mass is 35.5. The van der Waals surface area contributed by atoms with E-state index in [1.54, 1.807) is 0 Å². The standard InChI is InChI=1S/C9H7NO2.C8H7ClO2/c10-6-9(11)12-7-8-4-2-1-3-5-8;9-8(10)11-6-7-4-2-1-3-5-7/h1-5H,7H2;1-5H,6H2. The number of ether oxygens (including phenoxy) is 2. The lowest BCUT2D eigenvalue weighted by Gasteiger charge is -1.98. The van der Waals surface area contributed by atoms with Gasteiger partial charge in [-0.3, -0.25) is 0 Å². The summed E-state index contributed by atoms with van der Waals surface area (Å²) in [7, 11) is 0. The molecule has 0 aliphatic carbocycles. The van der Waals surface area contributed by atoms with Gasteiger partial charge in [-0.15, -0.1) is 0 Å². The fourth-order valence-electron chi connectivity index (χ4n) is 1.47. The van der Waals surface area contributed by atoms with Crippen molar-refractivity contribution in [2.75, 3.05) is 0 Å². The first-order valence-corrected chi connectivity index (χ1v) is 6.96. The number of carbonyl (C=O) groups excluding carboxylic acids is 2. The summed E-state index contributed by atoms with van der Waals surface area (Å²) >= 11 is 4.97. The van der Waals surface area contributed by atoms with Crippen LogP contribution in [0.1, 0.15) is 11.1 Å². The molecule has 0 amide bonds. The Balaban J connectivity index is 0.000000231. The molecule has 0 aromatic heterocycles. The molecule has 0 aliphatic heterocycles. The van der Waals surface area contributed by atoms with Crippen LogP contribution in [0.2, 0.25) is 0 Å². The van der Waals surface area contributed by atoms with Gasteiger partial charge in [-0.25, -0.2) is 9.59 Å². The molecule has 2 rings (SSSR count). The van der Waals surface area contributed by atoms with Crippen LogP contribution in [0.25, 0.3) is 0 Å². The second kappa shape index (κ2) is 10.8.